The Balaban J connectivity index is 1.63. The van der Waals surface area contributed by atoms with Crippen LogP contribution in [0.5, 0.6) is 17.2 Å². The third-order valence-corrected chi connectivity index (χ3v) is 6.11. The van der Waals surface area contributed by atoms with Crippen molar-refractivity contribution in [2.45, 2.75) is 57.0 Å². The Hall–Kier alpha value is -1.95. The molecule has 2 bridgehead atoms. The first-order valence-corrected chi connectivity index (χ1v) is 9.90. The molecule has 0 aliphatic heterocycles. The molecule has 2 saturated carbocycles. The summed E-state index contributed by atoms with van der Waals surface area (Å²) in [7, 11) is 4.79. The maximum Gasteiger partial charge on any atom is 0.220 e. The second kappa shape index (κ2) is 8.83. The van der Waals surface area contributed by atoms with Gasteiger partial charge in [0.05, 0.1) is 21.3 Å². The van der Waals surface area contributed by atoms with Crippen molar-refractivity contribution in [2.24, 2.45) is 17.6 Å². The molecule has 6 heteroatoms. The Morgan fingerprint density at radius 2 is 1.74 bits per heavy atom. The Bertz CT molecular complexity index is 650. The summed E-state index contributed by atoms with van der Waals surface area (Å²) in [5.41, 5.74) is 7.13. The van der Waals surface area contributed by atoms with Crippen LogP contribution in [0.1, 0.15) is 44.1 Å². The summed E-state index contributed by atoms with van der Waals surface area (Å²) in [6, 6.07) is 4.37. The minimum atomic E-state index is 0.101. The normalized spacial score (nSPS) is 27.0. The zero-order valence-electron chi connectivity index (χ0n) is 16.6. The SMILES string of the molecule is COc1ccc(CCC(=O)NC2C3CCCC2CC(N)C3)c(OC)c1OC. The van der Waals surface area contributed by atoms with Gasteiger partial charge in [-0.15, -0.1) is 0 Å². The number of carbonyl (C=O) groups excluding carboxylic acids is 1. The zero-order valence-corrected chi connectivity index (χ0v) is 16.6. The number of amides is 1. The molecule has 2 atom stereocenters. The van der Waals surface area contributed by atoms with Crippen molar-refractivity contribution in [3.8, 4) is 17.2 Å². The molecule has 0 saturated heterocycles. The van der Waals surface area contributed by atoms with E-state index in [0.29, 0.717) is 54.0 Å². The van der Waals surface area contributed by atoms with Gasteiger partial charge in [0.2, 0.25) is 11.7 Å². The van der Waals surface area contributed by atoms with Gasteiger partial charge in [0.15, 0.2) is 11.5 Å². The number of aryl methyl sites for hydroxylation is 1. The molecule has 27 heavy (non-hydrogen) atoms. The van der Waals surface area contributed by atoms with Crippen molar-refractivity contribution in [1.82, 2.24) is 5.32 Å². The molecule has 2 fully saturated rings. The van der Waals surface area contributed by atoms with Gasteiger partial charge in [-0.05, 0) is 55.6 Å². The maximum atomic E-state index is 12.6. The van der Waals surface area contributed by atoms with Crippen LogP contribution >= 0.6 is 0 Å². The second-order valence-electron chi connectivity index (χ2n) is 7.77. The van der Waals surface area contributed by atoms with E-state index < -0.39 is 0 Å². The van der Waals surface area contributed by atoms with Crippen LogP contribution in [0.15, 0.2) is 12.1 Å². The van der Waals surface area contributed by atoms with Gasteiger partial charge in [0, 0.05) is 18.5 Å². The van der Waals surface area contributed by atoms with Crippen molar-refractivity contribution in [2.75, 3.05) is 21.3 Å². The van der Waals surface area contributed by atoms with Crippen LogP contribution < -0.4 is 25.3 Å². The third-order valence-electron chi connectivity index (χ3n) is 6.11. The first-order chi connectivity index (χ1) is 13.1. The fourth-order valence-corrected chi connectivity index (χ4v) is 4.89. The largest absolute Gasteiger partial charge is 0.493 e. The van der Waals surface area contributed by atoms with Crippen LogP contribution in [0, 0.1) is 11.8 Å². The molecule has 150 valence electrons. The summed E-state index contributed by atoms with van der Waals surface area (Å²) in [6.07, 6.45) is 6.70. The summed E-state index contributed by atoms with van der Waals surface area (Å²) in [4.78, 5) is 12.6. The summed E-state index contributed by atoms with van der Waals surface area (Å²) in [6.45, 7) is 0. The lowest BCUT2D eigenvalue weighted by Gasteiger charge is -2.45. The van der Waals surface area contributed by atoms with Crippen molar-refractivity contribution in [1.29, 1.82) is 0 Å². The number of fused-ring (bicyclic) bond motifs is 2. The number of nitrogens with two attached hydrogens (primary N) is 1. The highest BCUT2D eigenvalue weighted by Gasteiger charge is 2.39. The quantitative estimate of drug-likeness (QED) is 0.764. The molecule has 0 heterocycles. The van der Waals surface area contributed by atoms with Gasteiger partial charge < -0.3 is 25.3 Å². The average Bonchev–Trinajstić information content (AvgIpc) is 2.66. The van der Waals surface area contributed by atoms with Gasteiger partial charge in [-0.25, -0.2) is 0 Å². The molecular formula is C21H32N2O4. The lowest BCUT2D eigenvalue weighted by atomic mass is 9.67. The zero-order chi connectivity index (χ0) is 19.4. The van der Waals surface area contributed by atoms with Crippen LogP contribution in [0.3, 0.4) is 0 Å². The highest BCUT2D eigenvalue weighted by atomic mass is 16.5. The number of hydrogen-bond acceptors (Lipinski definition) is 5. The van der Waals surface area contributed by atoms with Crippen LogP contribution in [0.4, 0.5) is 0 Å². The predicted octanol–water partition coefficient (Wildman–Crippen LogP) is 2.67. The minimum Gasteiger partial charge on any atom is -0.493 e. The molecule has 3 N–H and O–H groups in total. The fraction of sp³-hybridized carbons (Fsp3) is 0.667. The van der Waals surface area contributed by atoms with Crippen LogP contribution in [-0.4, -0.2) is 39.3 Å². The lowest BCUT2D eigenvalue weighted by molar-refractivity contribution is -0.123. The molecule has 2 unspecified atom stereocenters. The van der Waals surface area contributed by atoms with Gasteiger partial charge in [0.1, 0.15) is 0 Å². The van der Waals surface area contributed by atoms with Gasteiger partial charge >= 0.3 is 0 Å². The van der Waals surface area contributed by atoms with E-state index >= 15 is 0 Å². The van der Waals surface area contributed by atoms with Crippen molar-refractivity contribution in [3.63, 3.8) is 0 Å². The first kappa shape index (κ1) is 19.8. The van der Waals surface area contributed by atoms with Crippen LogP contribution in [0.25, 0.3) is 0 Å². The third kappa shape index (κ3) is 4.32. The molecule has 3 rings (SSSR count). The highest BCUT2D eigenvalue weighted by Crippen LogP contribution is 2.41. The van der Waals surface area contributed by atoms with E-state index in [4.69, 9.17) is 19.9 Å². The molecule has 0 spiro atoms. The molecule has 0 radical (unpaired) electrons. The highest BCUT2D eigenvalue weighted by molar-refractivity contribution is 5.77. The summed E-state index contributed by atoms with van der Waals surface area (Å²) in [5, 5.41) is 3.31. The van der Waals surface area contributed by atoms with E-state index in [9.17, 15) is 4.79 Å². The summed E-state index contributed by atoms with van der Waals surface area (Å²) in [5.74, 6) is 2.98. The number of rotatable bonds is 7. The Kier molecular flexibility index (Phi) is 6.47. The molecule has 1 aromatic carbocycles. The van der Waals surface area contributed by atoms with E-state index in [2.05, 4.69) is 5.32 Å². The van der Waals surface area contributed by atoms with E-state index in [1.54, 1.807) is 21.3 Å². The monoisotopic (exact) mass is 376 g/mol. The topological polar surface area (TPSA) is 82.8 Å². The number of methoxy groups -OCH3 is 3. The van der Waals surface area contributed by atoms with Gasteiger partial charge in [-0.1, -0.05) is 12.5 Å². The number of carbonyl (C=O) groups is 1. The van der Waals surface area contributed by atoms with E-state index in [-0.39, 0.29) is 5.91 Å². The molecule has 6 nitrogen and oxygen atoms in total. The second-order valence-corrected chi connectivity index (χ2v) is 7.77. The smallest absolute Gasteiger partial charge is 0.220 e. The Labute approximate surface area is 161 Å². The Morgan fingerprint density at radius 3 is 2.33 bits per heavy atom. The van der Waals surface area contributed by atoms with Crippen LogP contribution in [0.2, 0.25) is 0 Å². The van der Waals surface area contributed by atoms with Gasteiger partial charge in [-0.2, -0.15) is 0 Å². The standard InChI is InChI=1S/C21H32N2O4/c1-25-17-9-7-13(20(26-2)21(17)27-3)8-10-18(24)23-19-14-5-4-6-15(19)12-16(22)11-14/h7,9,14-16,19H,4-6,8,10-12,22H2,1-3H3,(H,23,24). The summed E-state index contributed by atoms with van der Waals surface area (Å²) >= 11 is 0. The number of hydrogen-bond donors (Lipinski definition) is 2. The average molecular weight is 376 g/mol. The van der Waals surface area contributed by atoms with Crippen molar-refractivity contribution >= 4 is 5.91 Å². The molecular weight excluding hydrogens is 344 g/mol. The molecule has 2 aliphatic carbocycles. The maximum absolute atomic E-state index is 12.6. The van der Waals surface area contributed by atoms with E-state index in [1.807, 2.05) is 12.1 Å². The Morgan fingerprint density at radius 1 is 1.07 bits per heavy atom. The first-order valence-electron chi connectivity index (χ1n) is 9.90. The number of nitrogens with one attached hydrogen (secondary N) is 1. The predicted molar refractivity (Wildman–Crippen MR) is 104 cm³/mol. The molecule has 0 aromatic heterocycles. The van der Waals surface area contributed by atoms with Crippen molar-refractivity contribution in [3.05, 3.63) is 17.7 Å². The van der Waals surface area contributed by atoms with Crippen LogP contribution in [-0.2, 0) is 11.2 Å². The molecule has 1 aromatic rings. The fourth-order valence-electron chi connectivity index (χ4n) is 4.89. The molecule has 2 aliphatic rings. The van der Waals surface area contributed by atoms with E-state index in [0.717, 1.165) is 18.4 Å². The minimum absolute atomic E-state index is 0.101. The van der Waals surface area contributed by atoms with E-state index in [1.165, 1.54) is 19.3 Å². The van der Waals surface area contributed by atoms with Gasteiger partial charge in [0.25, 0.3) is 0 Å². The number of ether oxygens (including phenoxy) is 3. The number of benzene rings is 1. The van der Waals surface area contributed by atoms with Gasteiger partial charge in [-0.3, -0.25) is 4.79 Å². The van der Waals surface area contributed by atoms with Crippen molar-refractivity contribution < 1.29 is 19.0 Å². The lowest BCUT2D eigenvalue weighted by Crippen LogP contribution is -2.53. The summed E-state index contributed by atoms with van der Waals surface area (Å²) < 4.78 is 16.3. The molecule has 1 amide bonds.